The van der Waals surface area contributed by atoms with Gasteiger partial charge in [-0.15, -0.1) is 10.2 Å². The standard InChI is InChI=1S/C23H23F3N4O3/c1-2-32-19-8-4-3-7-18(19)27-22(31)30-13-5-6-16(14-30)21-29-28-20(33-21)15-9-11-17(12-10-15)23(24,25)26/h3-4,7-12,16H,2,5-6,13-14H2,1H3,(H,27,31). The maximum atomic E-state index is 12.8. The minimum absolute atomic E-state index is 0.144. The summed E-state index contributed by atoms with van der Waals surface area (Å²) < 4.78 is 49.6. The van der Waals surface area contributed by atoms with Crippen LogP contribution < -0.4 is 10.1 Å². The van der Waals surface area contributed by atoms with Crippen molar-refractivity contribution >= 4 is 11.7 Å². The molecule has 1 N–H and O–H groups in total. The number of ether oxygens (including phenoxy) is 1. The topological polar surface area (TPSA) is 80.5 Å². The van der Waals surface area contributed by atoms with Crippen molar-refractivity contribution in [2.75, 3.05) is 25.0 Å². The van der Waals surface area contributed by atoms with E-state index in [1.54, 1.807) is 17.0 Å². The minimum Gasteiger partial charge on any atom is -0.492 e. The van der Waals surface area contributed by atoms with E-state index in [0.717, 1.165) is 25.0 Å². The number of carbonyl (C=O) groups excluding carboxylic acids is 1. The first-order chi connectivity index (χ1) is 15.8. The Morgan fingerprint density at radius 3 is 2.67 bits per heavy atom. The summed E-state index contributed by atoms with van der Waals surface area (Å²) >= 11 is 0. The van der Waals surface area contributed by atoms with Gasteiger partial charge in [0.05, 0.1) is 23.8 Å². The lowest BCUT2D eigenvalue weighted by molar-refractivity contribution is -0.137. The number of nitrogens with zero attached hydrogens (tertiary/aromatic N) is 3. The predicted octanol–water partition coefficient (Wildman–Crippen LogP) is 5.57. The van der Waals surface area contributed by atoms with Crippen molar-refractivity contribution in [1.82, 2.24) is 15.1 Å². The zero-order chi connectivity index (χ0) is 23.4. The molecular weight excluding hydrogens is 437 g/mol. The van der Waals surface area contributed by atoms with Gasteiger partial charge in [0.1, 0.15) is 5.75 Å². The number of amides is 2. The minimum atomic E-state index is -4.41. The highest BCUT2D eigenvalue weighted by Gasteiger charge is 2.31. The summed E-state index contributed by atoms with van der Waals surface area (Å²) in [6, 6.07) is 11.5. The van der Waals surface area contributed by atoms with E-state index in [0.29, 0.717) is 42.6 Å². The molecule has 1 aliphatic heterocycles. The molecule has 7 nitrogen and oxygen atoms in total. The number of urea groups is 1. The van der Waals surface area contributed by atoms with Crippen molar-refractivity contribution < 1.29 is 27.1 Å². The molecule has 0 spiro atoms. The highest BCUT2D eigenvalue weighted by Crippen LogP contribution is 2.32. The molecule has 0 radical (unpaired) electrons. The van der Waals surface area contributed by atoms with Gasteiger partial charge in [-0.3, -0.25) is 0 Å². The lowest BCUT2D eigenvalue weighted by Gasteiger charge is -2.31. The Morgan fingerprint density at radius 2 is 1.94 bits per heavy atom. The third-order valence-corrected chi connectivity index (χ3v) is 5.39. The summed E-state index contributed by atoms with van der Waals surface area (Å²) in [6.45, 7) is 3.32. The van der Waals surface area contributed by atoms with Crippen LogP contribution in [0, 0.1) is 0 Å². The molecule has 2 amide bonds. The number of halogens is 3. The number of carbonyl (C=O) groups is 1. The van der Waals surface area contributed by atoms with Gasteiger partial charge in [0, 0.05) is 18.7 Å². The van der Waals surface area contributed by atoms with Crippen LogP contribution in [0.5, 0.6) is 5.75 Å². The SMILES string of the molecule is CCOc1ccccc1NC(=O)N1CCCC(c2nnc(-c3ccc(C(F)(F)F)cc3)o2)C1. The van der Waals surface area contributed by atoms with Crippen molar-refractivity contribution in [3.8, 4) is 17.2 Å². The Kier molecular flexibility index (Phi) is 6.52. The van der Waals surface area contributed by atoms with Crippen LogP contribution in [0.1, 0.15) is 37.1 Å². The highest BCUT2D eigenvalue weighted by atomic mass is 19.4. The van der Waals surface area contributed by atoms with Crippen LogP contribution in [-0.2, 0) is 6.18 Å². The van der Waals surface area contributed by atoms with E-state index in [1.165, 1.54) is 12.1 Å². The molecule has 2 aromatic carbocycles. The number of alkyl halides is 3. The average Bonchev–Trinajstić information content (AvgIpc) is 3.31. The Balaban J connectivity index is 1.43. The molecule has 1 fully saturated rings. The highest BCUT2D eigenvalue weighted by molar-refractivity contribution is 5.91. The molecule has 4 rings (SSSR count). The first-order valence-corrected chi connectivity index (χ1v) is 10.6. The zero-order valence-corrected chi connectivity index (χ0v) is 17.9. The normalized spacial score (nSPS) is 16.5. The number of anilines is 1. The van der Waals surface area contributed by atoms with Crippen molar-refractivity contribution in [3.63, 3.8) is 0 Å². The van der Waals surface area contributed by atoms with E-state index in [9.17, 15) is 18.0 Å². The maximum absolute atomic E-state index is 12.8. The van der Waals surface area contributed by atoms with E-state index < -0.39 is 11.7 Å². The van der Waals surface area contributed by atoms with Crippen LogP contribution in [-0.4, -0.2) is 40.8 Å². The molecule has 1 atom stereocenters. The summed E-state index contributed by atoms with van der Waals surface area (Å²) in [6.07, 6.45) is -2.90. The van der Waals surface area contributed by atoms with Gasteiger partial charge in [0.25, 0.3) is 0 Å². The van der Waals surface area contributed by atoms with Crippen LogP contribution >= 0.6 is 0 Å². The fraction of sp³-hybridized carbons (Fsp3) is 0.348. The van der Waals surface area contributed by atoms with Gasteiger partial charge in [-0.25, -0.2) is 4.79 Å². The third kappa shape index (κ3) is 5.27. The summed E-state index contributed by atoms with van der Waals surface area (Å²) in [7, 11) is 0. The Morgan fingerprint density at radius 1 is 1.18 bits per heavy atom. The summed E-state index contributed by atoms with van der Waals surface area (Å²) in [5.41, 5.74) is 0.249. The van der Waals surface area contributed by atoms with Gasteiger partial charge in [-0.1, -0.05) is 12.1 Å². The van der Waals surface area contributed by atoms with Gasteiger partial charge >= 0.3 is 12.2 Å². The Bertz CT molecular complexity index is 1100. The molecule has 1 unspecified atom stereocenters. The number of rotatable bonds is 5. The quantitative estimate of drug-likeness (QED) is 0.539. The molecule has 1 saturated heterocycles. The first kappa shape index (κ1) is 22.6. The lowest BCUT2D eigenvalue weighted by atomic mass is 9.98. The number of likely N-dealkylation sites (tertiary alicyclic amines) is 1. The van der Waals surface area contributed by atoms with Gasteiger partial charge in [-0.05, 0) is 56.2 Å². The predicted molar refractivity (Wildman–Crippen MR) is 115 cm³/mol. The fourth-order valence-electron chi connectivity index (χ4n) is 3.73. The van der Waals surface area contributed by atoms with E-state index in [4.69, 9.17) is 9.15 Å². The smallest absolute Gasteiger partial charge is 0.416 e. The number of piperidine rings is 1. The van der Waals surface area contributed by atoms with Gasteiger partial charge in [0.2, 0.25) is 11.8 Å². The number of aromatic nitrogens is 2. The number of hydrogen-bond donors (Lipinski definition) is 1. The largest absolute Gasteiger partial charge is 0.492 e. The molecule has 0 bridgehead atoms. The van der Waals surface area contributed by atoms with Gasteiger partial charge < -0.3 is 19.4 Å². The van der Waals surface area contributed by atoms with Crippen LogP contribution in [0.25, 0.3) is 11.5 Å². The molecule has 2 heterocycles. The van der Waals surface area contributed by atoms with Crippen LogP contribution in [0.2, 0.25) is 0 Å². The lowest BCUT2D eigenvalue weighted by Crippen LogP contribution is -2.41. The summed E-state index contributed by atoms with van der Waals surface area (Å²) in [4.78, 5) is 14.5. The monoisotopic (exact) mass is 460 g/mol. The third-order valence-electron chi connectivity index (χ3n) is 5.39. The summed E-state index contributed by atoms with van der Waals surface area (Å²) in [5, 5.41) is 11.0. The second kappa shape index (κ2) is 9.51. The van der Waals surface area contributed by atoms with Crippen molar-refractivity contribution in [1.29, 1.82) is 0 Å². The van der Waals surface area contributed by atoms with Crippen molar-refractivity contribution in [2.45, 2.75) is 31.9 Å². The average molecular weight is 460 g/mol. The molecule has 0 saturated carbocycles. The van der Waals surface area contributed by atoms with Crippen LogP contribution in [0.4, 0.5) is 23.7 Å². The second-order valence-corrected chi connectivity index (χ2v) is 7.67. The van der Waals surface area contributed by atoms with E-state index >= 15 is 0 Å². The zero-order valence-electron chi connectivity index (χ0n) is 17.9. The van der Waals surface area contributed by atoms with Crippen LogP contribution in [0.15, 0.2) is 52.9 Å². The van der Waals surface area contributed by atoms with Crippen molar-refractivity contribution in [3.05, 3.63) is 60.0 Å². The molecule has 174 valence electrons. The first-order valence-electron chi connectivity index (χ1n) is 10.6. The number of nitrogens with one attached hydrogen (secondary N) is 1. The molecular formula is C23H23F3N4O3. The Labute approximate surface area is 188 Å². The van der Waals surface area contributed by atoms with Gasteiger partial charge in [-0.2, -0.15) is 13.2 Å². The summed E-state index contributed by atoms with van der Waals surface area (Å²) in [5.74, 6) is 0.936. The number of para-hydroxylation sites is 2. The fourth-order valence-corrected chi connectivity index (χ4v) is 3.73. The van der Waals surface area contributed by atoms with Crippen molar-refractivity contribution in [2.24, 2.45) is 0 Å². The van der Waals surface area contributed by atoms with Crippen LogP contribution in [0.3, 0.4) is 0 Å². The molecule has 3 aromatic rings. The molecule has 33 heavy (non-hydrogen) atoms. The molecule has 10 heteroatoms. The molecule has 0 aliphatic carbocycles. The number of hydrogen-bond acceptors (Lipinski definition) is 5. The second-order valence-electron chi connectivity index (χ2n) is 7.67. The molecule has 1 aliphatic rings. The maximum Gasteiger partial charge on any atom is 0.416 e. The molecule has 1 aromatic heterocycles. The van der Waals surface area contributed by atoms with E-state index in [2.05, 4.69) is 15.5 Å². The van der Waals surface area contributed by atoms with E-state index in [1.807, 2.05) is 19.1 Å². The Hall–Kier alpha value is -3.56. The number of benzene rings is 2. The van der Waals surface area contributed by atoms with E-state index in [-0.39, 0.29) is 17.8 Å². The van der Waals surface area contributed by atoms with Gasteiger partial charge in [0.15, 0.2) is 0 Å².